The van der Waals surface area contributed by atoms with Gasteiger partial charge in [-0.3, -0.25) is 4.79 Å². The highest BCUT2D eigenvalue weighted by molar-refractivity contribution is 5.85. The molecule has 0 radical (unpaired) electrons. The summed E-state index contributed by atoms with van der Waals surface area (Å²) < 4.78 is 0. The van der Waals surface area contributed by atoms with Crippen LogP contribution in [0.4, 0.5) is 0 Å². The molecule has 0 spiro atoms. The molecule has 2 aliphatic heterocycles. The van der Waals surface area contributed by atoms with Crippen LogP contribution in [-0.2, 0) is 4.79 Å². The quantitative estimate of drug-likeness (QED) is 0.824. The molecule has 0 aromatic rings. The van der Waals surface area contributed by atoms with Crippen molar-refractivity contribution in [3.63, 3.8) is 0 Å². The number of likely N-dealkylation sites (tertiary alicyclic amines) is 1. The van der Waals surface area contributed by atoms with Gasteiger partial charge in [-0.05, 0) is 38.1 Å². The van der Waals surface area contributed by atoms with Crippen molar-refractivity contribution < 1.29 is 4.79 Å². The van der Waals surface area contributed by atoms with Crippen LogP contribution in [0.1, 0.15) is 39.0 Å². The SMILES string of the molecule is CCC1CCCN(C(=O)[C@@H]2CCCNC2)C1.Cl. The molecule has 17 heavy (non-hydrogen) atoms. The molecule has 0 saturated carbocycles. The molecule has 1 N–H and O–H groups in total. The fourth-order valence-corrected chi connectivity index (χ4v) is 2.92. The zero-order chi connectivity index (χ0) is 11.4. The number of carbonyl (C=O) groups excluding carboxylic acids is 1. The minimum atomic E-state index is 0. The molecular formula is C13H25ClN2O. The van der Waals surface area contributed by atoms with E-state index in [0.29, 0.717) is 5.91 Å². The van der Waals surface area contributed by atoms with Crippen LogP contribution in [0.3, 0.4) is 0 Å². The van der Waals surface area contributed by atoms with Gasteiger partial charge in [-0.1, -0.05) is 13.3 Å². The highest BCUT2D eigenvalue weighted by Gasteiger charge is 2.28. The number of amides is 1. The van der Waals surface area contributed by atoms with Crippen LogP contribution in [0.15, 0.2) is 0 Å². The van der Waals surface area contributed by atoms with E-state index in [1.165, 1.54) is 19.3 Å². The van der Waals surface area contributed by atoms with Crippen LogP contribution >= 0.6 is 12.4 Å². The minimum Gasteiger partial charge on any atom is -0.342 e. The Morgan fingerprint density at radius 1 is 1.35 bits per heavy atom. The van der Waals surface area contributed by atoms with Gasteiger partial charge in [0.25, 0.3) is 0 Å². The molecule has 1 amide bonds. The van der Waals surface area contributed by atoms with Crippen molar-refractivity contribution in [3.8, 4) is 0 Å². The van der Waals surface area contributed by atoms with Crippen LogP contribution < -0.4 is 5.32 Å². The van der Waals surface area contributed by atoms with Crippen molar-refractivity contribution in [2.75, 3.05) is 26.2 Å². The Bertz CT molecular complexity index is 242. The highest BCUT2D eigenvalue weighted by Crippen LogP contribution is 2.22. The maximum absolute atomic E-state index is 12.3. The van der Waals surface area contributed by atoms with E-state index in [-0.39, 0.29) is 18.3 Å². The Kier molecular flexibility index (Phi) is 6.28. The summed E-state index contributed by atoms with van der Waals surface area (Å²) in [7, 11) is 0. The van der Waals surface area contributed by atoms with Gasteiger partial charge in [0.15, 0.2) is 0 Å². The summed E-state index contributed by atoms with van der Waals surface area (Å²) in [5, 5.41) is 3.33. The Morgan fingerprint density at radius 3 is 2.82 bits per heavy atom. The predicted octanol–water partition coefficient (Wildman–Crippen LogP) is 2.06. The fraction of sp³-hybridized carbons (Fsp3) is 0.923. The number of piperidine rings is 2. The monoisotopic (exact) mass is 260 g/mol. The first kappa shape index (κ1) is 14.8. The maximum atomic E-state index is 12.3. The second-order valence-corrected chi connectivity index (χ2v) is 5.24. The number of nitrogens with zero attached hydrogens (tertiary/aromatic N) is 1. The Morgan fingerprint density at radius 2 is 2.18 bits per heavy atom. The molecule has 1 unspecified atom stereocenters. The standard InChI is InChI=1S/C13H24N2O.ClH/c1-2-11-5-4-8-15(10-11)13(16)12-6-3-7-14-9-12;/h11-12,14H,2-10H2,1H3;1H/t11?,12-;/m1./s1. The summed E-state index contributed by atoms with van der Waals surface area (Å²) in [4.78, 5) is 14.4. The number of halogens is 1. The molecule has 100 valence electrons. The first-order chi connectivity index (χ1) is 7.81. The van der Waals surface area contributed by atoms with Gasteiger partial charge in [-0.2, -0.15) is 0 Å². The third-order valence-corrected chi connectivity index (χ3v) is 4.05. The predicted molar refractivity (Wildman–Crippen MR) is 72.4 cm³/mol. The van der Waals surface area contributed by atoms with E-state index in [4.69, 9.17) is 0 Å². The van der Waals surface area contributed by atoms with Gasteiger partial charge in [0.1, 0.15) is 0 Å². The lowest BCUT2D eigenvalue weighted by molar-refractivity contribution is -0.137. The van der Waals surface area contributed by atoms with Gasteiger partial charge >= 0.3 is 0 Å². The number of nitrogens with one attached hydrogen (secondary N) is 1. The molecule has 2 saturated heterocycles. The average Bonchev–Trinajstić information content (AvgIpc) is 2.39. The van der Waals surface area contributed by atoms with Crippen molar-refractivity contribution in [2.45, 2.75) is 39.0 Å². The summed E-state index contributed by atoms with van der Waals surface area (Å²) in [6, 6.07) is 0. The van der Waals surface area contributed by atoms with Crippen molar-refractivity contribution in [1.29, 1.82) is 0 Å². The zero-order valence-electron chi connectivity index (χ0n) is 10.8. The number of hydrogen-bond acceptors (Lipinski definition) is 2. The Hall–Kier alpha value is -0.280. The van der Waals surface area contributed by atoms with E-state index in [1.807, 2.05) is 0 Å². The van der Waals surface area contributed by atoms with Gasteiger partial charge in [0, 0.05) is 19.6 Å². The summed E-state index contributed by atoms with van der Waals surface area (Å²) in [5.41, 5.74) is 0. The summed E-state index contributed by atoms with van der Waals surface area (Å²) in [5.74, 6) is 1.41. The third-order valence-electron chi connectivity index (χ3n) is 4.05. The largest absolute Gasteiger partial charge is 0.342 e. The second-order valence-electron chi connectivity index (χ2n) is 5.24. The minimum absolute atomic E-state index is 0. The molecule has 0 aromatic heterocycles. The van der Waals surface area contributed by atoms with E-state index < -0.39 is 0 Å². The van der Waals surface area contributed by atoms with E-state index in [1.54, 1.807) is 0 Å². The van der Waals surface area contributed by atoms with Crippen LogP contribution in [0.25, 0.3) is 0 Å². The molecule has 0 bridgehead atoms. The second kappa shape index (κ2) is 7.22. The van der Waals surface area contributed by atoms with Crippen LogP contribution in [0.2, 0.25) is 0 Å². The van der Waals surface area contributed by atoms with E-state index in [2.05, 4.69) is 17.1 Å². The molecule has 4 heteroatoms. The molecule has 2 heterocycles. The molecule has 2 fully saturated rings. The van der Waals surface area contributed by atoms with Gasteiger partial charge < -0.3 is 10.2 Å². The maximum Gasteiger partial charge on any atom is 0.226 e. The Labute approximate surface area is 111 Å². The lowest BCUT2D eigenvalue weighted by atomic mass is 9.92. The first-order valence-electron chi connectivity index (χ1n) is 6.80. The van der Waals surface area contributed by atoms with Crippen molar-refractivity contribution in [2.24, 2.45) is 11.8 Å². The summed E-state index contributed by atoms with van der Waals surface area (Å²) in [6.07, 6.45) is 5.96. The van der Waals surface area contributed by atoms with E-state index in [0.717, 1.165) is 44.9 Å². The van der Waals surface area contributed by atoms with Crippen LogP contribution in [0, 0.1) is 11.8 Å². The van der Waals surface area contributed by atoms with Crippen LogP contribution in [0.5, 0.6) is 0 Å². The van der Waals surface area contributed by atoms with Crippen molar-refractivity contribution >= 4 is 18.3 Å². The van der Waals surface area contributed by atoms with Gasteiger partial charge in [0.2, 0.25) is 5.91 Å². The summed E-state index contributed by atoms with van der Waals surface area (Å²) >= 11 is 0. The Balaban J connectivity index is 0.00000144. The van der Waals surface area contributed by atoms with Gasteiger partial charge in [-0.25, -0.2) is 0 Å². The third kappa shape index (κ3) is 3.85. The molecule has 0 aliphatic carbocycles. The highest BCUT2D eigenvalue weighted by atomic mass is 35.5. The van der Waals surface area contributed by atoms with Crippen molar-refractivity contribution in [3.05, 3.63) is 0 Å². The van der Waals surface area contributed by atoms with Gasteiger partial charge in [0.05, 0.1) is 5.92 Å². The van der Waals surface area contributed by atoms with Crippen molar-refractivity contribution in [1.82, 2.24) is 10.2 Å². The molecule has 3 nitrogen and oxygen atoms in total. The molecular weight excluding hydrogens is 236 g/mol. The van der Waals surface area contributed by atoms with Crippen LogP contribution in [-0.4, -0.2) is 37.0 Å². The zero-order valence-corrected chi connectivity index (χ0v) is 11.6. The smallest absolute Gasteiger partial charge is 0.226 e. The molecule has 2 rings (SSSR count). The molecule has 0 aromatic carbocycles. The van der Waals surface area contributed by atoms with E-state index >= 15 is 0 Å². The molecule has 2 atom stereocenters. The topological polar surface area (TPSA) is 32.3 Å². The normalized spacial score (nSPS) is 29.6. The first-order valence-corrected chi connectivity index (χ1v) is 6.80. The summed E-state index contributed by atoms with van der Waals surface area (Å²) in [6.45, 7) is 6.21. The van der Waals surface area contributed by atoms with E-state index in [9.17, 15) is 4.79 Å². The fourth-order valence-electron chi connectivity index (χ4n) is 2.92. The molecule has 2 aliphatic rings. The number of carbonyl (C=O) groups is 1. The lowest BCUT2D eigenvalue weighted by Crippen LogP contribution is -2.46. The number of hydrogen-bond donors (Lipinski definition) is 1. The van der Waals surface area contributed by atoms with Gasteiger partial charge in [-0.15, -0.1) is 12.4 Å². The number of rotatable bonds is 2. The lowest BCUT2D eigenvalue weighted by Gasteiger charge is -2.35. The average molecular weight is 261 g/mol.